The summed E-state index contributed by atoms with van der Waals surface area (Å²) < 4.78 is 6.63. The molecule has 1 aromatic heterocycles. The van der Waals surface area contributed by atoms with Gasteiger partial charge in [-0.25, -0.2) is 4.79 Å². The normalized spacial score (nSPS) is 10.4. The monoisotopic (exact) mass is 312 g/mol. The van der Waals surface area contributed by atoms with Crippen LogP contribution in [0.25, 0.3) is 0 Å². The number of benzene rings is 1. The summed E-state index contributed by atoms with van der Waals surface area (Å²) in [4.78, 5) is 11.6. The minimum atomic E-state index is -0.307. The minimum Gasteiger partial charge on any atom is -0.465 e. The molecule has 0 bridgehead atoms. The van der Waals surface area contributed by atoms with Gasteiger partial charge < -0.3 is 4.74 Å². The van der Waals surface area contributed by atoms with E-state index in [0.29, 0.717) is 11.3 Å². The number of nitrogens with zero attached hydrogens (tertiary/aromatic N) is 2. The Balaban J connectivity index is 2.08. The van der Waals surface area contributed by atoms with Crippen molar-refractivity contribution in [3.63, 3.8) is 0 Å². The van der Waals surface area contributed by atoms with Gasteiger partial charge in [0.1, 0.15) is 0 Å². The maximum absolute atomic E-state index is 11.6. The average molecular weight is 312 g/mol. The number of hydrogen-bond donors (Lipinski definition) is 0. The van der Waals surface area contributed by atoms with Crippen molar-refractivity contribution in [3.05, 3.63) is 35.4 Å². The first kappa shape index (κ1) is 14.4. The molecule has 0 N–H and O–H groups in total. The van der Waals surface area contributed by atoms with Crippen molar-refractivity contribution in [2.24, 2.45) is 0 Å². The van der Waals surface area contributed by atoms with Gasteiger partial charge in [0.25, 0.3) is 0 Å². The van der Waals surface area contributed by atoms with E-state index in [1.165, 1.54) is 7.11 Å². The first-order chi connectivity index (χ1) is 9.24. The zero-order chi connectivity index (χ0) is 13.7. The molecule has 19 heavy (non-hydrogen) atoms. The van der Waals surface area contributed by atoms with Crippen molar-refractivity contribution in [3.8, 4) is 0 Å². The summed E-state index contributed by atoms with van der Waals surface area (Å²) >= 11 is 4.72. The Kier molecular flexibility index (Phi) is 5.24. The lowest BCUT2D eigenvalue weighted by molar-refractivity contribution is 0.0600. The summed E-state index contributed by atoms with van der Waals surface area (Å²) in [7, 11) is 1.39. The van der Waals surface area contributed by atoms with Crippen LogP contribution in [0.15, 0.2) is 32.9 Å². The van der Waals surface area contributed by atoms with E-state index in [1.807, 2.05) is 24.5 Å². The van der Waals surface area contributed by atoms with Crippen LogP contribution >= 0.6 is 34.9 Å². The Morgan fingerprint density at radius 3 is 2.74 bits per heavy atom. The summed E-state index contributed by atoms with van der Waals surface area (Å²) in [6.45, 7) is 0. The number of methoxy groups -OCH3 is 1. The second kappa shape index (κ2) is 6.93. The van der Waals surface area contributed by atoms with Crippen molar-refractivity contribution >= 4 is 40.8 Å². The highest BCUT2D eigenvalue weighted by molar-refractivity contribution is 8.02. The molecule has 0 atom stereocenters. The predicted molar refractivity (Wildman–Crippen MR) is 79.0 cm³/mol. The summed E-state index contributed by atoms with van der Waals surface area (Å²) in [6.07, 6.45) is 1.97. The maximum Gasteiger partial charge on any atom is 0.338 e. The van der Waals surface area contributed by atoms with Crippen molar-refractivity contribution in [1.82, 2.24) is 10.2 Å². The quantitative estimate of drug-likeness (QED) is 0.623. The number of thioether (sulfide) groups is 2. The molecule has 0 saturated heterocycles. The van der Waals surface area contributed by atoms with Crippen LogP contribution in [0.1, 0.15) is 15.9 Å². The Morgan fingerprint density at radius 2 is 2.05 bits per heavy atom. The number of hydrogen-bond acceptors (Lipinski definition) is 7. The second-order valence-electron chi connectivity index (χ2n) is 3.48. The van der Waals surface area contributed by atoms with Gasteiger partial charge in [-0.05, 0) is 17.9 Å². The molecule has 0 unspecified atom stereocenters. The van der Waals surface area contributed by atoms with E-state index in [9.17, 15) is 4.79 Å². The lowest BCUT2D eigenvalue weighted by atomic mass is 10.1. The summed E-state index contributed by atoms with van der Waals surface area (Å²) in [5, 5.41) is 8.13. The van der Waals surface area contributed by atoms with Gasteiger partial charge in [-0.1, -0.05) is 53.1 Å². The predicted octanol–water partition coefficient (Wildman–Crippen LogP) is 3.34. The van der Waals surface area contributed by atoms with Crippen LogP contribution < -0.4 is 0 Å². The van der Waals surface area contributed by atoms with E-state index >= 15 is 0 Å². The molecule has 0 spiro atoms. The molecule has 0 saturated carbocycles. The van der Waals surface area contributed by atoms with Crippen molar-refractivity contribution < 1.29 is 9.53 Å². The zero-order valence-corrected chi connectivity index (χ0v) is 12.9. The first-order valence-corrected chi connectivity index (χ1v) is 8.43. The number of esters is 1. The molecule has 0 fully saturated rings. The fourth-order valence-corrected chi connectivity index (χ4v) is 3.87. The van der Waals surface area contributed by atoms with E-state index in [1.54, 1.807) is 40.9 Å². The van der Waals surface area contributed by atoms with Gasteiger partial charge in [-0.15, -0.1) is 10.2 Å². The highest BCUT2D eigenvalue weighted by Gasteiger charge is 2.12. The van der Waals surface area contributed by atoms with Crippen molar-refractivity contribution in [2.45, 2.75) is 14.4 Å². The fraction of sp³-hybridized carbons (Fsp3) is 0.250. The third-order valence-electron chi connectivity index (χ3n) is 2.34. The maximum atomic E-state index is 11.6. The smallest absolute Gasteiger partial charge is 0.338 e. The van der Waals surface area contributed by atoms with Crippen molar-refractivity contribution in [1.29, 1.82) is 0 Å². The summed E-state index contributed by atoms with van der Waals surface area (Å²) in [5.74, 6) is 0.368. The largest absolute Gasteiger partial charge is 0.465 e. The minimum absolute atomic E-state index is 0.307. The molecule has 100 valence electrons. The van der Waals surface area contributed by atoms with Gasteiger partial charge in [0, 0.05) is 5.75 Å². The van der Waals surface area contributed by atoms with E-state index in [4.69, 9.17) is 4.74 Å². The van der Waals surface area contributed by atoms with Gasteiger partial charge in [0.05, 0.1) is 12.7 Å². The highest BCUT2D eigenvalue weighted by Crippen LogP contribution is 2.30. The van der Waals surface area contributed by atoms with Gasteiger partial charge in [0.2, 0.25) is 0 Å². The van der Waals surface area contributed by atoms with E-state index < -0.39 is 0 Å². The third kappa shape index (κ3) is 3.71. The molecule has 0 radical (unpaired) electrons. The lowest BCUT2D eigenvalue weighted by Crippen LogP contribution is -2.04. The lowest BCUT2D eigenvalue weighted by Gasteiger charge is -2.05. The average Bonchev–Trinajstić information content (AvgIpc) is 2.92. The van der Waals surface area contributed by atoms with Gasteiger partial charge in [-0.2, -0.15) is 0 Å². The highest BCUT2D eigenvalue weighted by atomic mass is 32.2. The molecule has 2 aromatic rings. The molecule has 1 aromatic carbocycles. The summed E-state index contributed by atoms with van der Waals surface area (Å²) in [5.41, 5.74) is 1.55. The molecule has 2 rings (SSSR count). The number of aromatic nitrogens is 2. The van der Waals surface area contributed by atoms with Crippen LogP contribution in [0.5, 0.6) is 0 Å². The Hall–Kier alpha value is -1.05. The topological polar surface area (TPSA) is 52.1 Å². The zero-order valence-electron chi connectivity index (χ0n) is 10.5. The Labute approximate surface area is 124 Å². The van der Waals surface area contributed by atoms with Crippen LogP contribution in [-0.4, -0.2) is 29.5 Å². The molecule has 0 aliphatic rings. The number of carbonyl (C=O) groups is 1. The van der Waals surface area contributed by atoms with Crippen LogP contribution in [0.2, 0.25) is 0 Å². The Morgan fingerprint density at radius 1 is 1.32 bits per heavy atom. The molecule has 4 nitrogen and oxygen atoms in total. The molecular weight excluding hydrogens is 300 g/mol. The molecule has 0 aliphatic heterocycles. The molecule has 7 heteroatoms. The van der Waals surface area contributed by atoms with E-state index in [0.717, 1.165) is 14.2 Å². The Bertz CT molecular complexity index is 572. The number of rotatable bonds is 5. The molecule has 0 aliphatic carbocycles. The van der Waals surface area contributed by atoms with Gasteiger partial charge in [-0.3, -0.25) is 0 Å². The molecule has 0 amide bonds. The third-order valence-corrected chi connectivity index (χ3v) is 5.42. The van der Waals surface area contributed by atoms with Crippen LogP contribution in [-0.2, 0) is 10.5 Å². The second-order valence-corrected chi connectivity index (χ2v) is 6.73. The summed E-state index contributed by atoms with van der Waals surface area (Å²) in [6, 6.07) is 7.44. The van der Waals surface area contributed by atoms with Gasteiger partial charge in [0.15, 0.2) is 8.68 Å². The molecular formula is C12H12N2O2S3. The van der Waals surface area contributed by atoms with Crippen molar-refractivity contribution in [2.75, 3.05) is 13.4 Å². The van der Waals surface area contributed by atoms with Crippen LogP contribution in [0, 0.1) is 0 Å². The van der Waals surface area contributed by atoms with E-state index in [2.05, 4.69) is 10.2 Å². The van der Waals surface area contributed by atoms with Gasteiger partial charge >= 0.3 is 5.97 Å². The standard InChI is InChI=1S/C12H12N2O2S3/c1-16-10(15)9-6-4-3-5-8(9)7-18-12-14-13-11(17-2)19-12/h3-6H,7H2,1-2H3. The number of carbonyl (C=O) groups excluding carboxylic acids is 1. The van der Waals surface area contributed by atoms with E-state index in [-0.39, 0.29) is 5.97 Å². The van der Waals surface area contributed by atoms with Crippen LogP contribution in [0.3, 0.4) is 0 Å². The fourth-order valence-electron chi connectivity index (χ4n) is 1.43. The number of ether oxygens (including phenoxy) is 1. The SMILES string of the molecule is COC(=O)c1ccccc1CSc1nnc(SC)s1. The molecule has 1 heterocycles. The van der Waals surface area contributed by atoms with Crippen LogP contribution in [0.4, 0.5) is 0 Å². The first-order valence-electron chi connectivity index (χ1n) is 5.41.